The highest BCUT2D eigenvalue weighted by Crippen LogP contribution is 2.11. The zero-order chi connectivity index (χ0) is 12.0. The average molecular weight is 227 g/mol. The monoisotopic (exact) mass is 227 g/mol. The summed E-state index contributed by atoms with van der Waals surface area (Å²) in [5.74, 6) is 0.142. The molecule has 2 unspecified atom stereocenters. The van der Waals surface area contributed by atoms with Crippen LogP contribution in [0.5, 0.6) is 0 Å². The van der Waals surface area contributed by atoms with E-state index in [1.54, 1.807) is 0 Å². The van der Waals surface area contributed by atoms with Crippen molar-refractivity contribution in [3.8, 4) is 0 Å². The molecule has 1 rings (SSSR count). The minimum atomic E-state index is 0.142. The second kappa shape index (κ2) is 6.86. The van der Waals surface area contributed by atoms with Crippen molar-refractivity contribution in [3.05, 3.63) is 0 Å². The SMILES string of the molecule is CCCNC(=O)CN(C)C1CCC(C)NC1. The molecule has 1 fully saturated rings. The molecule has 0 bridgehead atoms. The van der Waals surface area contributed by atoms with Gasteiger partial charge in [0.25, 0.3) is 0 Å². The maximum absolute atomic E-state index is 11.5. The quantitative estimate of drug-likeness (QED) is 0.722. The molecular weight excluding hydrogens is 202 g/mol. The Morgan fingerprint density at radius 3 is 2.81 bits per heavy atom. The molecule has 1 aliphatic rings. The molecule has 16 heavy (non-hydrogen) atoms. The van der Waals surface area contributed by atoms with E-state index < -0.39 is 0 Å². The lowest BCUT2D eigenvalue weighted by Crippen LogP contribution is -2.50. The van der Waals surface area contributed by atoms with Crippen molar-refractivity contribution in [1.82, 2.24) is 15.5 Å². The van der Waals surface area contributed by atoms with Crippen molar-refractivity contribution >= 4 is 5.91 Å². The van der Waals surface area contributed by atoms with Gasteiger partial charge in [-0.05, 0) is 33.2 Å². The van der Waals surface area contributed by atoms with E-state index in [1.807, 2.05) is 7.05 Å². The highest BCUT2D eigenvalue weighted by Gasteiger charge is 2.22. The first-order valence-electron chi connectivity index (χ1n) is 6.33. The molecule has 0 aromatic carbocycles. The van der Waals surface area contributed by atoms with Crippen LogP contribution in [0.25, 0.3) is 0 Å². The Morgan fingerprint density at radius 1 is 1.50 bits per heavy atom. The van der Waals surface area contributed by atoms with Crippen molar-refractivity contribution < 1.29 is 4.79 Å². The van der Waals surface area contributed by atoms with Gasteiger partial charge in [-0.3, -0.25) is 9.69 Å². The van der Waals surface area contributed by atoms with Crippen LogP contribution in [0.1, 0.15) is 33.1 Å². The lowest BCUT2D eigenvalue weighted by Gasteiger charge is -2.33. The zero-order valence-corrected chi connectivity index (χ0v) is 10.8. The normalized spacial score (nSPS) is 25.8. The van der Waals surface area contributed by atoms with Crippen LogP contribution in [-0.2, 0) is 4.79 Å². The van der Waals surface area contributed by atoms with Gasteiger partial charge in [0.2, 0.25) is 5.91 Å². The standard InChI is InChI=1S/C12H25N3O/c1-4-7-13-12(16)9-15(3)11-6-5-10(2)14-8-11/h10-11,14H,4-9H2,1-3H3,(H,13,16). The van der Waals surface area contributed by atoms with E-state index in [4.69, 9.17) is 0 Å². The van der Waals surface area contributed by atoms with Gasteiger partial charge in [0.05, 0.1) is 6.54 Å². The first kappa shape index (κ1) is 13.5. The summed E-state index contributed by atoms with van der Waals surface area (Å²) in [6, 6.07) is 1.13. The fourth-order valence-corrected chi connectivity index (χ4v) is 2.04. The van der Waals surface area contributed by atoms with E-state index in [9.17, 15) is 4.79 Å². The molecule has 0 spiro atoms. The minimum Gasteiger partial charge on any atom is -0.355 e. The molecule has 2 N–H and O–H groups in total. The smallest absolute Gasteiger partial charge is 0.234 e. The Hall–Kier alpha value is -0.610. The molecule has 4 heteroatoms. The molecule has 0 aromatic heterocycles. The second-order valence-corrected chi connectivity index (χ2v) is 4.81. The lowest BCUT2D eigenvalue weighted by molar-refractivity contribution is -0.122. The Bertz CT molecular complexity index is 212. The number of rotatable bonds is 5. The number of hydrogen-bond acceptors (Lipinski definition) is 3. The number of likely N-dealkylation sites (N-methyl/N-ethyl adjacent to an activating group) is 1. The Kier molecular flexibility index (Phi) is 5.77. The summed E-state index contributed by atoms with van der Waals surface area (Å²) in [7, 11) is 2.04. The van der Waals surface area contributed by atoms with E-state index in [1.165, 1.54) is 12.8 Å². The van der Waals surface area contributed by atoms with Gasteiger partial charge in [-0.25, -0.2) is 0 Å². The minimum absolute atomic E-state index is 0.142. The molecule has 1 aliphatic heterocycles. The number of nitrogens with zero attached hydrogens (tertiary/aromatic N) is 1. The van der Waals surface area contributed by atoms with E-state index in [0.717, 1.165) is 19.5 Å². The van der Waals surface area contributed by atoms with E-state index in [2.05, 4.69) is 29.4 Å². The van der Waals surface area contributed by atoms with Gasteiger partial charge in [-0.2, -0.15) is 0 Å². The van der Waals surface area contributed by atoms with Crippen LogP contribution < -0.4 is 10.6 Å². The van der Waals surface area contributed by atoms with Gasteiger partial charge in [0, 0.05) is 25.2 Å². The largest absolute Gasteiger partial charge is 0.355 e. The fourth-order valence-electron chi connectivity index (χ4n) is 2.04. The summed E-state index contributed by atoms with van der Waals surface area (Å²) in [5.41, 5.74) is 0. The van der Waals surface area contributed by atoms with Crippen molar-refractivity contribution in [1.29, 1.82) is 0 Å². The second-order valence-electron chi connectivity index (χ2n) is 4.81. The Labute approximate surface area is 98.8 Å². The van der Waals surface area contributed by atoms with E-state index in [-0.39, 0.29) is 5.91 Å². The number of carbonyl (C=O) groups is 1. The highest BCUT2D eigenvalue weighted by atomic mass is 16.2. The molecule has 0 aliphatic carbocycles. The maximum atomic E-state index is 11.5. The summed E-state index contributed by atoms with van der Waals surface area (Å²) in [6.45, 7) is 6.58. The Morgan fingerprint density at radius 2 is 2.25 bits per heavy atom. The van der Waals surface area contributed by atoms with Gasteiger partial charge in [-0.1, -0.05) is 6.92 Å². The molecule has 1 amide bonds. The molecule has 0 saturated carbocycles. The summed E-state index contributed by atoms with van der Waals surface area (Å²) in [4.78, 5) is 13.7. The van der Waals surface area contributed by atoms with E-state index in [0.29, 0.717) is 18.6 Å². The number of nitrogens with one attached hydrogen (secondary N) is 2. The first-order valence-corrected chi connectivity index (χ1v) is 6.33. The third-order valence-corrected chi connectivity index (χ3v) is 3.22. The van der Waals surface area contributed by atoms with Crippen LogP contribution in [-0.4, -0.2) is 49.6 Å². The van der Waals surface area contributed by atoms with Gasteiger partial charge in [0.15, 0.2) is 0 Å². The van der Waals surface area contributed by atoms with Gasteiger partial charge < -0.3 is 10.6 Å². The van der Waals surface area contributed by atoms with Gasteiger partial charge in [-0.15, -0.1) is 0 Å². The van der Waals surface area contributed by atoms with Crippen LogP contribution in [0, 0.1) is 0 Å². The molecular formula is C12H25N3O. The fraction of sp³-hybridized carbons (Fsp3) is 0.917. The molecule has 0 radical (unpaired) electrons. The summed E-state index contributed by atoms with van der Waals surface area (Å²) >= 11 is 0. The zero-order valence-electron chi connectivity index (χ0n) is 10.8. The molecule has 1 heterocycles. The van der Waals surface area contributed by atoms with Crippen molar-refractivity contribution in [3.63, 3.8) is 0 Å². The molecule has 94 valence electrons. The van der Waals surface area contributed by atoms with Gasteiger partial charge >= 0.3 is 0 Å². The Balaban J connectivity index is 2.23. The maximum Gasteiger partial charge on any atom is 0.234 e. The van der Waals surface area contributed by atoms with Crippen molar-refractivity contribution in [2.45, 2.75) is 45.2 Å². The highest BCUT2D eigenvalue weighted by molar-refractivity contribution is 5.77. The molecule has 2 atom stereocenters. The summed E-state index contributed by atoms with van der Waals surface area (Å²) in [5, 5.41) is 6.37. The number of hydrogen-bond donors (Lipinski definition) is 2. The predicted octanol–water partition coefficient (Wildman–Crippen LogP) is 0.585. The number of amides is 1. The van der Waals surface area contributed by atoms with Crippen LogP contribution in [0.4, 0.5) is 0 Å². The van der Waals surface area contributed by atoms with Crippen LogP contribution in [0.15, 0.2) is 0 Å². The molecule has 0 aromatic rings. The molecule has 1 saturated heterocycles. The topological polar surface area (TPSA) is 44.4 Å². The first-order chi connectivity index (χ1) is 7.63. The summed E-state index contributed by atoms with van der Waals surface area (Å²) < 4.78 is 0. The number of carbonyl (C=O) groups excluding carboxylic acids is 1. The third-order valence-electron chi connectivity index (χ3n) is 3.22. The van der Waals surface area contributed by atoms with Crippen LogP contribution >= 0.6 is 0 Å². The number of piperidine rings is 1. The third kappa shape index (κ3) is 4.49. The predicted molar refractivity (Wildman–Crippen MR) is 66.4 cm³/mol. The summed E-state index contributed by atoms with van der Waals surface area (Å²) in [6.07, 6.45) is 3.38. The lowest BCUT2D eigenvalue weighted by atomic mass is 10.0. The molecule has 4 nitrogen and oxygen atoms in total. The average Bonchev–Trinajstić information content (AvgIpc) is 2.27. The van der Waals surface area contributed by atoms with Crippen molar-refractivity contribution in [2.24, 2.45) is 0 Å². The van der Waals surface area contributed by atoms with Crippen molar-refractivity contribution in [2.75, 3.05) is 26.7 Å². The van der Waals surface area contributed by atoms with E-state index >= 15 is 0 Å². The van der Waals surface area contributed by atoms with Gasteiger partial charge in [0.1, 0.15) is 0 Å². The van der Waals surface area contributed by atoms with Crippen LogP contribution in [0.2, 0.25) is 0 Å². The van der Waals surface area contributed by atoms with Crippen LogP contribution in [0.3, 0.4) is 0 Å².